The molecule has 2 aromatic heterocycles. The lowest BCUT2D eigenvalue weighted by Crippen LogP contribution is -2.17. The van der Waals surface area contributed by atoms with Gasteiger partial charge in [-0.05, 0) is 48.0 Å². The summed E-state index contributed by atoms with van der Waals surface area (Å²) in [5.74, 6) is -1.66. The third kappa shape index (κ3) is 3.37. The van der Waals surface area contributed by atoms with Crippen LogP contribution in [-0.4, -0.2) is 31.1 Å². The molecule has 140 valence electrons. The topological polar surface area (TPSA) is 101 Å². The highest BCUT2D eigenvalue weighted by atomic mass is 35.5. The fourth-order valence-corrected chi connectivity index (χ4v) is 3.19. The molecule has 0 bridgehead atoms. The molecule has 0 saturated carbocycles. The Kier molecular flexibility index (Phi) is 4.40. The number of fused-ring (bicyclic) bond motifs is 1. The van der Waals surface area contributed by atoms with Crippen molar-refractivity contribution in [2.45, 2.75) is 6.54 Å². The molecular formula is C19H12ClFN4O3. The number of hydrogen-bond donors (Lipinski definition) is 2. The van der Waals surface area contributed by atoms with E-state index in [1.165, 1.54) is 18.2 Å². The van der Waals surface area contributed by atoms with E-state index in [9.17, 15) is 14.0 Å². The molecule has 0 aliphatic heterocycles. The maximum atomic E-state index is 13.1. The molecule has 0 radical (unpaired) electrons. The number of aromatic amines is 1. The number of carboxylic acids is 1. The first-order valence-corrected chi connectivity index (χ1v) is 8.53. The number of benzene rings is 2. The van der Waals surface area contributed by atoms with Gasteiger partial charge in [0, 0.05) is 16.0 Å². The summed E-state index contributed by atoms with van der Waals surface area (Å²) < 4.78 is 14.6. The molecule has 2 heterocycles. The summed E-state index contributed by atoms with van der Waals surface area (Å²) in [7, 11) is 0. The number of halogens is 2. The summed E-state index contributed by atoms with van der Waals surface area (Å²) in [4.78, 5) is 25.8. The summed E-state index contributed by atoms with van der Waals surface area (Å²) in [5.41, 5.74) is 1.33. The third-order valence-electron chi connectivity index (χ3n) is 4.24. The Morgan fingerprint density at radius 2 is 1.96 bits per heavy atom. The van der Waals surface area contributed by atoms with Gasteiger partial charge in [0.15, 0.2) is 0 Å². The third-order valence-corrected chi connectivity index (χ3v) is 4.46. The van der Waals surface area contributed by atoms with Crippen LogP contribution in [0, 0.1) is 5.82 Å². The molecule has 7 nitrogen and oxygen atoms in total. The summed E-state index contributed by atoms with van der Waals surface area (Å²) in [5, 5.41) is 18.2. The highest BCUT2D eigenvalue weighted by molar-refractivity contribution is 6.31. The molecule has 0 fully saturated rings. The van der Waals surface area contributed by atoms with E-state index in [-0.39, 0.29) is 17.9 Å². The average molecular weight is 399 g/mol. The maximum Gasteiger partial charge on any atom is 0.341 e. The number of carboxylic acid groups (broad SMARTS) is 1. The minimum absolute atomic E-state index is 0.244. The second-order valence-electron chi connectivity index (χ2n) is 6.15. The highest BCUT2D eigenvalue weighted by Gasteiger charge is 2.14. The Bertz CT molecular complexity index is 1260. The Morgan fingerprint density at radius 3 is 2.68 bits per heavy atom. The zero-order chi connectivity index (χ0) is 19.8. The summed E-state index contributed by atoms with van der Waals surface area (Å²) in [6, 6.07) is 10.4. The van der Waals surface area contributed by atoms with Crippen LogP contribution in [0.2, 0.25) is 5.02 Å². The van der Waals surface area contributed by atoms with E-state index in [0.717, 1.165) is 0 Å². The largest absolute Gasteiger partial charge is 0.477 e. The van der Waals surface area contributed by atoms with Crippen molar-refractivity contribution in [1.82, 2.24) is 20.0 Å². The number of hydrogen-bond acceptors (Lipinski definition) is 4. The lowest BCUT2D eigenvalue weighted by Gasteiger charge is -2.08. The lowest BCUT2D eigenvalue weighted by molar-refractivity contribution is 0.0695. The number of H-pyrrole nitrogens is 1. The Morgan fingerprint density at radius 1 is 1.21 bits per heavy atom. The first-order chi connectivity index (χ1) is 13.4. The minimum Gasteiger partial charge on any atom is -0.477 e. The van der Waals surface area contributed by atoms with Gasteiger partial charge >= 0.3 is 5.97 Å². The van der Waals surface area contributed by atoms with Crippen molar-refractivity contribution in [2.24, 2.45) is 0 Å². The molecule has 0 atom stereocenters. The highest BCUT2D eigenvalue weighted by Crippen LogP contribution is 2.24. The number of nitrogens with zero attached hydrogens (tertiary/aromatic N) is 3. The van der Waals surface area contributed by atoms with Crippen LogP contribution < -0.4 is 5.56 Å². The van der Waals surface area contributed by atoms with Crippen molar-refractivity contribution in [3.8, 4) is 11.3 Å². The molecule has 0 unspecified atom stereocenters. The zero-order valence-electron chi connectivity index (χ0n) is 14.2. The predicted molar refractivity (Wildman–Crippen MR) is 101 cm³/mol. The van der Waals surface area contributed by atoms with Crippen LogP contribution in [0.4, 0.5) is 4.39 Å². The lowest BCUT2D eigenvalue weighted by atomic mass is 10.1. The fourth-order valence-electron chi connectivity index (χ4n) is 2.94. The van der Waals surface area contributed by atoms with E-state index in [4.69, 9.17) is 16.7 Å². The number of pyridine rings is 1. The summed E-state index contributed by atoms with van der Waals surface area (Å²) >= 11 is 6.16. The number of rotatable bonds is 4. The Hall–Kier alpha value is -3.52. The summed E-state index contributed by atoms with van der Waals surface area (Å²) in [6.07, 6.45) is 1.68. The van der Waals surface area contributed by atoms with Crippen LogP contribution in [0.1, 0.15) is 15.9 Å². The molecule has 0 amide bonds. The van der Waals surface area contributed by atoms with Gasteiger partial charge in [-0.2, -0.15) is 0 Å². The molecule has 9 heteroatoms. The number of aromatic nitrogens is 4. The van der Waals surface area contributed by atoms with Crippen LogP contribution >= 0.6 is 11.6 Å². The smallest absolute Gasteiger partial charge is 0.341 e. The van der Waals surface area contributed by atoms with Gasteiger partial charge < -0.3 is 10.1 Å². The van der Waals surface area contributed by atoms with Gasteiger partial charge in [-0.15, -0.1) is 5.10 Å². The van der Waals surface area contributed by atoms with Gasteiger partial charge in [0.25, 0.3) is 5.56 Å². The fraction of sp³-hybridized carbons (Fsp3) is 0.0526. The van der Waals surface area contributed by atoms with E-state index >= 15 is 0 Å². The predicted octanol–water partition coefficient (Wildman–Crippen LogP) is 3.33. The van der Waals surface area contributed by atoms with Gasteiger partial charge in [0.1, 0.15) is 17.1 Å². The molecule has 28 heavy (non-hydrogen) atoms. The molecule has 0 spiro atoms. The van der Waals surface area contributed by atoms with Crippen LogP contribution in [-0.2, 0) is 6.54 Å². The quantitative estimate of drug-likeness (QED) is 0.549. The van der Waals surface area contributed by atoms with E-state index in [2.05, 4.69) is 15.3 Å². The second kappa shape index (κ2) is 6.90. The molecule has 0 saturated heterocycles. The molecule has 2 N–H and O–H groups in total. The van der Waals surface area contributed by atoms with Crippen molar-refractivity contribution >= 4 is 28.5 Å². The van der Waals surface area contributed by atoms with Crippen molar-refractivity contribution in [3.05, 3.63) is 81.0 Å². The molecule has 4 rings (SSSR count). The number of nitrogens with one attached hydrogen (secondary N) is 1. The first kappa shape index (κ1) is 17.9. The Labute approximate surface area is 162 Å². The standard InChI is InChI=1S/C19H12ClFN4O3/c20-13-5-11-7-15(19(27)28)18(26)22-17(11)12(6-13)8-25-9-16(23-24-25)10-1-3-14(21)4-2-10/h1-7,9H,8H2,(H,22,26)(H,27,28). The molecular weight excluding hydrogens is 387 g/mol. The monoisotopic (exact) mass is 398 g/mol. The van der Waals surface area contributed by atoms with E-state index in [1.807, 2.05) is 0 Å². The maximum absolute atomic E-state index is 13.1. The molecule has 4 aromatic rings. The molecule has 0 aliphatic rings. The Balaban J connectivity index is 1.74. The number of aromatic carboxylic acids is 1. The summed E-state index contributed by atoms with van der Waals surface area (Å²) in [6.45, 7) is 0.244. The van der Waals surface area contributed by atoms with Crippen molar-refractivity contribution < 1.29 is 14.3 Å². The van der Waals surface area contributed by atoms with E-state index in [0.29, 0.717) is 32.7 Å². The normalized spacial score (nSPS) is 11.1. The first-order valence-electron chi connectivity index (χ1n) is 8.15. The van der Waals surface area contributed by atoms with Crippen LogP contribution in [0.25, 0.3) is 22.2 Å². The van der Waals surface area contributed by atoms with Crippen LogP contribution in [0.3, 0.4) is 0 Å². The van der Waals surface area contributed by atoms with Crippen molar-refractivity contribution in [3.63, 3.8) is 0 Å². The number of carbonyl (C=O) groups is 1. The molecule has 0 aliphatic carbocycles. The van der Waals surface area contributed by atoms with E-state index < -0.39 is 11.5 Å². The van der Waals surface area contributed by atoms with Crippen LogP contribution in [0.5, 0.6) is 0 Å². The van der Waals surface area contributed by atoms with Gasteiger partial charge in [-0.3, -0.25) is 4.79 Å². The van der Waals surface area contributed by atoms with Crippen LogP contribution in [0.15, 0.2) is 53.5 Å². The van der Waals surface area contributed by atoms with Crippen molar-refractivity contribution in [1.29, 1.82) is 0 Å². The van der Waals surface area contributed by atoms with Gasteiger partial charge in [-0.1, -0.05) is 16.8 Å². The zero-order valence-corrected chi connectivity index (χ0v) is 14.9. The minimum atomic E-state index is -1.31. The van der Waals surface area contributed by atoms with Gasteiger partial charge in [0.2, 0.25) is 0 Å². The molecule has 2 aromatic carbocycles. The van der Waals surface area contributed by atoms with Gasteiger partial charge in [0.05, 0.1) is 18.3 Å². The van der Waals surface area contributed by atoms with Gasteiger partial charge in [-0.25, -0.2) is 13.9 Å². The average Bonchev–Trinajstić information content (AvgIpc) is 3.10. The second-order valence-corrected chi connectivity index (χ2v) is 6.59. The van der Waals surface area contributed by atoms with E-state index in [1.54, 1.807) is 35.1 Å². The van der Waals surface area contributed by atoms with Crippen molar-refractivity contribution in [2.75, 3.05) is 0 Å². The SMILES string of the molecule is O=C(O)c1cc2cc(Cl)cc(Cn3cc(-c4ccc(F)cc4)nn3)c2[nH]c1=O.